The van der Waals surface area contributed by atoms with Crippen molar-refractivity contribution in [1.82, 2.24) is 9.80 Å². The number of rotatable bonds is 9. The molecule has 1 aliphatic heterocycles. The Hall–Kier alpha value is -3.23. The molecule has 1 aliphatic rings. The van der Waals surface area contributed by atoms with Gasteiger partial charge in [0.15, 0.2) is 0 Å². The van der Waals surface area contributed by atoms with E-state index in [2.05, 4.69) is 0 Å². The molecular weight excluding hydrogens is 436 g/mol. The average molecular weight is 459 g/mol. The number of ether oxygens (including phenoxy) is 2. The summed E-state index contributed by atoms with van der Waals surface area (Å²) in [4.78, 5) is 52.9. The van der Waals surface area contributed by atoms with Crippen LogP contribution in [-0.2, 0) is 20.8 Å². The van der Waals surface area contributed by atoms with Crippen molar-refractivity contribution in [2.45, 2.75) is 13.0 Å². The van der Waals surface area contributed by atoms with Crippen LogP contribution in [0.4, 0.5) is 0 Å². The molecule has 0 fully saturated rings. The number of methoxy groups -OCH3 is 2. The van der Waals surface area contributed by atoms with Gasteiger partial charge in [-0.05, 0) is 42.3 Å². The van der Waals surface area contributed by atoms with Crippen LogP contribution in [-0.4, -0.2) is 67.4 Å². The van der Waals surface area contributed by atoms with E-state index < -0.39 is 23.7 Å². The molecule has 9 heteroatoms. The van der Waals surface area contributed by atoms with Crippen LogP contribution in [0.5, 0.6) is 0 Å². The zero-order chi connectivity index (χ0) is 23.3. The van der Waals surface area contributed by atoms with Crippen molar-refractivity contribution in [3.05, 3.63) is 69.7 Å². The lowest BCUT2D eigenvalue weighted by atomic mass is 10.0. The summed E-state index contributed by atoms with van der Waals surface area (Å²) in [7, 11) is 2.79. The smallest absolute Gasteiger partial charge is 0.325 e. The van der Waals surface area contributed by atoms with Crippen molar-refractivity contribution < 1.29 is 28.7 Å². The molecule has 0 saturated heterocycles. The van der Waals surface area contributed by atoms with Crippen molar-refractivity contribution in [1.29, 1.82) is 0 Å². The Morgan fingerprint density at radius 2 is 1.69 bits per heavy atom. The van der Waals surface area contributed by atoms with Gasteiger partial charge in [0, 0.05) is 37.4 Å². The SMILES string of the molecule is COCCCN1C(=O)c2ccc(C(=O)N(CC(=O)OC)Cc3ccc(Cl)cc3)cc2C1=O. The number of hydrogen-bond donors (Lipinski definition) is 0. The van der Waals surface area contributed by atoms with Gasteiger partial charge in [0.2, 0.25) is 0 Å². The van der Waals surface area contributed by atoms with E-state index in [1.165, 1.54) is 30.2 Å². The fraction of sp³-hybridized carbons (Fsp3) is 0.304. The first-order valence-electron chi connectivity index (χ1n) is 9.95. The number of halogens is 1. The van der Waals surface area contributed by atoms with Gasteiger partial charge in [-0.25, -0.2) is 0 Å². The fourth-order valence-electron chi connectivity index (χ4n) is 3.41. The van der Waals surface area contributed by atoms with Crippen LogP contribution in [0.2, 0.25) is 5.02 Å². The van der Waals surface area contributed by atoms with E-state index in [0.29, 0.717) is 18.1 Å². The number of carbonyl (C=O) groups excluding carboxylic acids is 4. The summed E-state index contributed by atoms with van der Waals surface area (Å²) >= 11 is 5.92. The van der Waals surface area contributed by atoms with Crippen LogP contribution in [0.3, 0.4) is 0 Å². The molecule has 0 atom stereocenters. The van der Waals surface area contributed by atoms with E-state index in [0.717, 1.165) is 10.5 Å². The highest BCUT2D eigenvalue weighted by Crippen LogP contribution is 2.25. The minimum Gasteiger partial charge on any atom is -0.468 e. The Balaban J connectivity index is 1.84. The van der Waals surface area contributed by atoms with Crippen molar-refractivity contribution in [2.24, 2.45) is 0 Å². The third-order valence-corrected chi connectivity index (χ3v) is 5.32. The number of amides is 3. The minimum absolute atomic E-state index is 0.137. The quantitative estimate of drug-likeness (QED) is 0.326. The predicted molar refractivity (Wildman–Crippen MR) is 117 cm³/mol. The maximum atomic E-state index is 13.2. The molecule has 0 aromatic heterocycles. The summed E-state index contributed by atoms with van der Waals surface area (Å²) in [5.41, 5.74) is 1.38. The molecule has 0 N–H and O–H groups in total. The van der Waals surface area contributed by atoms with Crippen LogP contribution >= 0.6 is 11.6 Å². The number of fused-ring (bicyclic) bond motifs is 1. The van der Waals surface area contributed by atoms with Crippen LogP contribution in [0.1, 0.15) is 43.1 Å². The molecule has 0 spiro atoms. The van der Waals surface area contributed by atoms with Gasteiger partial charge < -0.3 is 14.4 Å². The Labute approximate surface area is 190 Å². The summed E-state index contributed by atoms with van der Waals surface area (Å²) in [6.45, 7) is 0.516. The largest absolute Gasteiger partial charge is 0.468 e. The molecule has 32 heavy (non-hydrogen) atoms. The van der Waals surface area contributed by atoms with E-state index >= 15 is 0 Å². The second-order valence-electron chi connectivity index (χ2n) is 7.23. The van der Waals surface area contributed by atoms with E-state index in [1.54, 1.807) is 31.4 Å². The van der Waals surface area contributed by atoms with Crippen LogP contribution in [0, 0.1) is 0 Å². The Morgan fingerprint density at radius 1 is 1.00 bits per heavy atom. The monoisotopic (exact) mass is 458 g/mol. The lowest BCUT2D eigenvalue weighted by molar-refractivity contribution is -0.141. The van der Waals surface area contributed by atoms with E-state index in [4.69, 9.17) is 21.1 Å². The molecule has 168 valence electrons. The van der Waals surface area contributed by atoms with Crippen LogP contribution < -0.4 is 0 Å². The Kier molecular flexibility index (Phi) is 7.61. The zero-order valence-corrected chi connectivity index (χ0v) is 18.6. The van der Waals surface area contributed by atoms with Crippen molar-refractivity contribution in [2.75, 3.05) is 33.9 Å². The third-order valence-electron chi connectivity index (χ3n) is 5.07. The second kappa shape index (κ2) is 10.4. The number of carbonyl (C=O) groups is 4. The lowest BCUT2D eigenvalue weighted by Gasteiger charge is -2.22. The highest BCUT2D eigenvalue weighted by atomic mass is 35.5. The Morgan fingerprint density at radius 3 is 2.34 bits per heavy atom. The van der Waals surface area contributed by atoms with Crippen molar-refractivity contribution in [3.8, 4) is 0 Å². The number of nitrogens with zero attached hydrogens (tertiary/aromatic N) is 2. The third kappa shape index (κ3) is 5.15. The lowest BCUT2D eigenvalue weighted by Crippen LogP contribution is -2.35. The van der Waals surface area contributed by atoms with Crippen LogP contribution in [0.15, 0.2) is 42.5 Å². The minimum atomic E-state index is -0.580. The molecule has 1 heterocycles. The number of imide groups is 1. The summed E-state index contributed by atoms with van der Waals surface area (Å²) in [5.74, 6) is -1.89. The molecule has 0 unspecified atom stereocenters. The average Bonchev–Trinajstić information content (AvgIpc) is 3.03. The highest BCUT2D eigenvalue weighted by Gasteiger charge is 2.36. The van der Waals surface area contributed by atoms with E-state index in [1.807, 2.05) is 0 Å². The maximum absolute atomic E-state index is 13.2. The number of esters is 1. The Bertz CT molecular complexity index is 1040. The molecule has 0 radical (unpaired) electrons. The van der Waals surface area contributed by atoms with Gasteiger partial charge in [-0.2, -0.15) is 0 Å². The van der Waals surface area contributed by atoms with E-state index in [9.17, 15) is 19.2 Å². The number of benzene rings is 2. The topological polar surface area (TPSA) is 93.2 Å². The summed E-state index contributed by atoms with van der Waals surface area (Å²) in [5, 5.41) is 0.552. The molecule has 8 nitrogen and oxygen atoms in total. The normalized spacial score (nSPS) is 12.7. The molecule has 3 rings (SSSR count). The highest BCUT2D eigenvalue weighted by molar-refractivity contribution is 6.30. The second-order valence-corrected chi connectivity index (χ2v) is 7.67. The van der Waals surface area contributed by atoms with Gasteiger partial charge in [0.05, 0.1) is 18.2 Å². The van der Waals surface area contributed by atoms with Gasteiger partial charge >= 0.3 is 5.97 Å². The predicted octanol–water partition coefficient (Wildman–Crippen LogP) is 2.79. The first-order valence-corrected chi connectivity index (χ1v) is 10.3. The summed E-state index contributed by atoms with van der Waals surface area (Å²) in [6, 6.07) is 11.2. The molecule has 0 bridgehead atoms. The molecule has 2 aromatic rings. The standard InChI is InChI=1S/C23H23ClN2O6/c1-31-11-3-10-26-22(29)18-9-6-16(12-19(18)23(26)30)21(28)25(14-20(27)32-2)13-15-4-7-17(24)8-5-15/h4-9,12H,3,10-11,13-14H2,1-2H3. The molecular formula is C23H23ClN2O6. The molecule has 0 saturated carbocycles. The van der Waals surface area contributed by atoms with Gasteiger partial charge in [-0.15, -0.1) is 0 Å². The van der Waals surface area contributed by atoms with Crippen molar-refractivity contribution in [3.63, 3.8) is 0 Å². The maximum Gasteiger partial charge on any atom is 0.325 e. The fourth-order valence-corrected chi connectivity index (χ4v) is 3.53. The van der Waals surface area contributed by atoms with Crippen molar-refractivity contribution >= 4 is 35.3 Å². The first kappa shape index (κ1) is 23.4. The zero-order valence-electron chi connectivity index (χ0n) is 17.8. The van der Waals surface area contributed by atoms with E-state index in [-0.39, 0.29) is 36.3 Å². The molecule has 3 amide bonds. The first-order chi connectivity index (χ1) is 15.3. The number of hydrogen-bond acceptors (Lipinski definition) is 6. The van der Waals surface area contributed by atoms with Gasteiger partial charge in [0.25, 0.3) is 17.7 Å². The molecule has 2 aromatic carbocycles. The summed E-state index contributed by atoms with van der Waals surface area (Å²) in [6.07, 6.45) is 0.516. The van der Waals surface area contributed by atoms with Gasteiger partial charge in [0.1, 0.15) is 6.54 Å². The van der Waals surface area contributed by atoms with Gasteiger partial charge in [-0.1, -0.05) is 23.7 Å². The van der Waals surface area contributed by atoms with Crippen LogP contribution in [0.25, 0.3) is 0 Å². The summed E-state index contributed by atoms with van der Waals surface area (Å²) < 4.78 is 9.70. The molecule has 0 aliphatic carbocycles. The van der Waals surface area contributed by atoms with Gasteiger partial charge in [-0.3, -0.25) is 24.1 Å².